The summed E-state index contributed by atoms with van der Waals surface area (Å²) in [6, 6.07) is 7.59. The molecule has 1 saturated heterocycles. The summed E-state index contributed by atoms with van der Waals surface area (Å²) in [7, 11) is 0. The van der Waals surface area contributed by atoms with Crippen molar-refractivity contribution in [3.8, 4) is 6.07 Å². The maximum Gasteiger partial charge on any atom is 0.161 e. The molecule has 1 aliphatic heterocycles. The number of pyridine rings is 1. The summed E-state index contributed by atoms with van der Waals surface area (Å²) in [5, 5.41) is 9.43. The Morgan fingerprint density at radius 1 is 1.33 bits per heavy atom. The van der Waals surface area contributed by atoms with Crippen molar-refractivity contribution >= 4 is 17.4 Å². The predicted octanol–water partition coefficient (Wildman–Crippen LogP) is 2.78. The van der Waals surface area contributed by atoms with Gasteiger partial charge in [-0.25, -0.2) is 15.0 Å². The van der Waals surface area contributed by atoms with Crippen molar-refractivity contribution in [3.05, 3.63) is 47.1 Å². The maximum absolute atomic E-state index is 9.04. The quantitative estimate of drug-likeness (QED) is 0.853. The molecule has 0 amide bonds. The molecule has 6 heteroatoms. The third kappa shape index (κ3) is 2.96. The monoisotopic (exact) mass is 299 g/mol. The van der Waals surface area contributed by atoms with Gasteiger partial charge in [0.15, 0.2) is 5.69 Å². The van der Waals surface area contributed by atoms with Crippen LogP contribution in [0, 0.1) is 11.3 Å². The molecule has 0 saturated carbocycles. The predicted molar refractivity (Wildman–Crippen MR) is 80.2 cm³/mol. The molecule has 3 heterocycles. The highest BCUT2D eigenvalue weighted by Crippen LogP contribution is 2.28. The minimum Gasteiger partial charge on any atom is -0.356 e. The zero-order valence-corrected chi connectivity index (χ0v) is 12.2. The zero-order chi connectivity index (χ0) is 14.7. The van der Waals surface area contributed by atoms with E-state index in [-0.39, 0.29) is 5.69 Å². The van der Waals surface area contributed by atoms with Crippen LogP contribution in [0.5, 0.6) is 0 Å². The average molecular weight is 300 g/mol. The number of nitriles is 1. The van der Waals surface area contributed by atoms with Crippen molar-refractivity contribution in [2.45, 2.75) is 18.8 Å². The first-order chi connectivity index (χ1) is 10.3. The number of piperidine rings is 1. The van der Waals surface area contributed by atoms with Gasteiger partial charge in [-0.1, -0.05) is 11.6 Å². The smallest absolute Gasteiger partial charge is 0.161 e. The molecule has 0 bridgehead atoms. The molecule has 0 N–H and O–H groups in total. The lowest BCUT2D eigenvalue weighted by molar-refractivity contribution is 0.498. The first-order valence-corrected chi connectivity index (χ1v) is 7.23. The Hall–Kier alpha value is -2.19. The fourth-order valence-electron chi connectivity index (χ4n) is 2.66. The second kappa shape index (κ2) is 6.06. The van der Waals surface area contributed by atoms with Crippen LogP contribution in [0.3, 0.4) is 0 Å². The normalized spacial score (nSPS) is 18.3. The van der Waals surface area contributed by atoms with Gasteiger partial charge in [0.1, 0.15) is 18.2 Å². The van der Waals surface area contributed by atoms with Crippen molar-refractivity contribution in [2.75, 3.05) is 18.0 Å². The van der Waals surface area contributed by atoms with Crippen LogP contribution in [-0.4, -0.2) is 28.0 Å². The molecule has 3 rings (SSSR count). The highest BCUT2D eigenvalue weighted by Gasteiger charge is 2.23. The SMILES string of the molecule is N#Cc1nc(N2CCCC(c3ccncn3)C2)ccc1Cl. The molecule has 1 aliphatic rings. The summed E-state index contributed by atoms with van der Waals surface area (Å²) in [6.45, 7) is 1.78. The van der Waals surface area contributed by atoms with Crippen molar-refractivity contribution < 1.29 is 0 Å². The summed E-state index contributed by atoms with van der Waals surface area (Å²) in [4.78, 5) is 14.8. The summed E-state index contributed by atoms with van der Waals surface area (Å²) < 4.78 is 0. The molecule has 5 nitrogen and oxygen atoms in total. The molecule has 1 unspecified atom stereocenters. The second-order valence-electron chi connectivity index (χ2n) is 5.03. The molecule has 1 fully saturated rings. The number of hydrogen-bond donors (Lipinski definition) is 0. The van der Waals surface area contributed by atoms with E-state index in [4.69, 9.17) is 16.9 Å². The van der Waals surface area contributed by atoms with Gasteiger partial charge in [-0.3, -0.25) is 0 Å². The van der Waals surface area contributed by atoms with Crippen LogP contribution in [0.15, 0.2) is 30.7 Å². The van der Waals surface area contributed by atoms with Crippen molar-refractivity contribution in [3.63, 3.8) is 0 Å². The molecule has 0 spiro atoms. The number of anilines is 1. The summed E-state index contributed by atoms with van der Waals surface area (Å²) >= 11 is 5.94. The Labute approximate surface area is 128 Å². The number of rotatable bonds is 2. The van der Waals surface area contributed by atoms with Gasteiger partial charge in [0.05, 0.1) is 5.02 Å². The largest absolute Gasteiger partial charge is 0.356 e. The van der Waals surface area contributed by atoms with Gasteiger partial charge in [-0.05, 0) is 31.0 Å². The van der Waals surface area contributed by atoms with Crippen molar-refractivity contribution in [1.29, 1.82) is 5.26 Å². The number of aromatic nitrogens is 3. The second-order valence-corrected chi connectivity index (χ2v) is 5.44. The number of halogens is 1. The fourth-order valence-corrected chi connectivity index (χ4v) is 2.80. The van der Waals surface area contributed by atoms with Crippen LogP contribution < -0.4 is 4.90 Å². The van der Waals surface area contributed by atoms with E-state index in [9.17, 15) is 0 Å². The molecule has 0 aromatic carbocycles. The third-order valence-corrected chi connectivity index (χ3v) is 4.01. The van der Waals surface area contributed by atoms with Crippen molar-refractivity contribution in [2.24, 2.45) is 0 Å². The van der Waals surface area contributed by atoms with Gasteiger partial charge in [0.25, 0.3) is 0 Å². The summed E-state index contributed by atoms with van der Waals surface area (Å²) in [6.07, 6.45) is 5.53. The lowest BCUT2D eigenvalue weighted by Crippen LogP contribution is -2.35. The van der Waals surface area contributed by atoms with Crippen LogP contribution >= 0.6 is 11.6 Å². The van der Waals surface area contributed by atoms with E-state index in [0.717, 1.165) is 37.4 Å². The lowest BCUT2D eigenvalue weighted by Gasteiger charge is -2.33. The molecule has 2 aromatic heterocycles. The maximum atomic E-state index is 9.04. The standard InChI is InChI=1S/C15H14ClN5/c16-12-3-4-15(20-14(12)8-17)21-7-1-2-11(9-21)13-5-6-18-10-19-13/h3-6,10-11H,1-2,7,9H2. The van der Waals surface area contributed by atoms with Gasteiger partial charge in [0, 0.05) is 30.9 Å². The van der Waals surface area contributed by atoms with Crippen LogP contribution in [0.1, 0.15) is 30.1 Å². The van der Waals surface area contributed by atoms with E-state index in [1.54, 1.807) is 18.6 Å². The Balaban J connectivity index is 1.82. The first kappa shape index (κ1) is 13.8. The van der Waals surface area contributed by atoms with E-state index in [0.29, 0.717) is 10.9 Å². The van der Waals surface area contributed by atoms with Gasteiger partial charge in [-0.2, -0.15) is 5.26 Å². The minimum absolute atomic E-state index is 0.276. The molecule has 1 atom stereocenters. The van der Waals surface area contributed by atoms with Gasteiger partial charge in [0.2, 0.25) is 0 Å². The lowest BCUT2D eigenvalue weighted by atomic mass is 9.94. The highest BCUT2D eigenvalue weighted by atomic mass is 35.5. The number of hydrogen-bond acceptors (Lipinski definition) is 5. The Morgan fingerprint density at radius 3 is 3.00 bits per heavy atom. The van der Waals surface area contributed by atoms with E-state index in [1.807, 2.05) is 18.2 Å². The number of nitrogens with zero attached hydrogens (tertiary/aromatic N) is 5. The van der Waals surface area contributed by atoms with Gasteiger partial charge < -0.3 is 4.90 Å². The summed E-state index contributed by atoms with van der Waals surface area (Å²) in [5.74, 6) is 1.17. The first-order valence-electron chi connectivity index (χ1n) is 6.85. The Kier molecular flexibility index (Phi) is 3.98. The molecule has 2 aromatic rings. The molecule has 106 valence electrons. The minimum atomic E-state index is 0.276. The van der Waals surface area contributed by atoms with Gasteiger partial charge >= 0.3 is 0 Å². The highest BCUT2D eigenvalue weighted by molar-refractivity contribution is 6.31. The van der Waals surface area contributed by atoms with E-state index in [1.165, 1.54) is 0 Å². The molecule has 0 radical (unpaired) electrons. The Bertz CT molecular complexity index is 668. The molecular formula is C15H14ClN5. The average Bonchev–Trinajstić information content (AvgIpc) is 2.56. The third-order valence-electron chi connectivity index (χ3n) is 3.71. The van der Waals surface area contributed by atoms with Gasteiger partial charge in [-0.15, -0.1) is 0 Å². The van der Waals surface area contributed by atoms with Crippen LogP contribution in [-0.2, 0) is 0 Å². The van der Waals surface area contributed by atoms with Crippen LogP contribution in [0.4, 0.5) is 5.82 Å². The van der Waals surface area contributed by atoms with E-state index < -0.39 is 0 Å². The van der Waals surface area contributed by atoms with E-state index in [2.05, 4.69) is 19.9 Å². The fraction of sp³-hybridized carbons (Fsp3) is 0.333. The topological polar surface area (TPSA) is 65.7 Å². The van der Waals surface area contributed by atoms with Crippen molar-refractivity contribution in [1.82, 2.24) is 15.0 Å². The van der Waals surface area contributed by atoms with E-state index >= 15 is 0 Å². The molecule has 0 aliphatic carbocycles. The van der Waals surface area contributed by atoms with Crippen LogP contribution in [0.2, 0.25) is 5.02 Å². The Morgan fingerprint density at radius 2 is 2.24 bits per heavy atom. The summed E-state index contributed by atoms with van der Waals surface area (Å²) in [5.41, 5.74) is 1.34. The molecular weight excluding hydrogens is 286 g/mol. The van der Waals surface area contributed by atoms with Crippen LogP contribution in [0.25, 0.3) is 0 Å². The zero-order valence-electron chi connectivity index (χ0n) is 11.4. The molecule has 21 heavy (non-hydrogen) atoms.